The lowest BCUT2D eigenvalue weighted by Gasteiger charge is -2.11. The van der Waals surface area contributed by atoms with E-state index in [0.717, 1.165) is 18.5 Å². The lowest BCUT2D eigenvalue weighted by Crippen LogP contribution is -2.24. The average molecular weight is 195 g/mol. The molecule has 0 unspecified atom stereocenters. The van der Waals surface area contributed by atoms with Gasteiger partial charge in [0.1, 0.15) is 5.82 Å². The molecule has 0 saturated heterocycles. The topological polar surface area (TPSA) is 12.0 Å². The van der Waals surface area contributed by atoms with Crippen LogP contribution in [0.3, 0.4) is 0 Å². The maximum Gasteiger partial charge on any atom is 0.126 e. The molecular weight excluding hydrogens is 177 g/mol. The molecule has 0 aromatic heterocycles. The van der Waals surface area contributed by atoms with Gasteiger partial charge in [-0.3, -0.25) is 0 Å². The minimum absolute atomic E-state index is 0.117. The summed E-state index contributed by atoms with van der Waals surface area (Å²) < 4.78 is 13.2. The van der Waals surface area contributed by atoms with Crippen molar-refractivity contribution in [2.24, 2.45) is 0 Å². The van der Waals surface area contributed by atoms with Gasteiger partial charge in [0, 0.05) is 12.6 Å². The Labute approximate surface area is 85.3 Å². The largest absolute Gasteiger partial charge is 0.310 e. The molecule has 1 aromatic carbocycles. The van der Waals surface area contributed by atoms with Crippen LogP contribution in [0.4, 0.5) is 4.39 Å². The van der Waals surface area contributed by atoms with Crippen molar-refractivity contribution in [1.82, 2.24) is 5.32 Å². The number of halogens is 1. The molecule has 0 radical (unpaired) electrons. The van der Waals surface area contributed by atoms with E-state index in [1.165, 1.54) is 0 Å². The number of rotatable bonds is 4. The van der Waals surface area contributed by atoms with Crippen LogP contribution in [0.15, 0.2) is 18.2 Å². The van der Waals surface area contributed by atoms with E-state index in [-0.39, 0.29) is 5.82 Å². The third-order valence-corrected chi connectivity index (χ3v) is 2.50. The van der Waals surface area contributed by atoms with Crippen LogP contribution in [0.1, 0.15) is 31.4 Å². The third kappa shape index (κ3) is 3.11. The van der Waals surface area contributed by atoms with Gasteiger partial charge in [-0.15, -0.1) is 0 Å². The summed E-state index contributed by atoms with van der Waals surface area (Å²) in [6.45, 7) is 6.78. The van der Waals surface area contributed by atoms with Crippen LogP contribution in [0, 0.1) is 12.7 Å². The molecule has 1 atom stereocenters. The normalized spacial score (nSPS) is 12.9. The molecule has 14 heavy (non-hydrogen) atoms. The highest BCUT2D eigenvalue weighted by Crippen LogP contribution is 2.09. The third-order valence-electron chi connectivity index (χ3n) is 2.50. The van der Waals surface area contributed by atoms with Crippen molar-refractivity contribution in [1.29, 1.82) is 0 Å². The average Bonchev–Trinajstić information content (AvgIpc) is 2.19. The molecule has 78 valence electrons. The Morgan fingerprint density at radius 2 is 2.14 bits per heavy atom. The van der Waals surface area contributed by atoms with Gasteiger partial charge in [0.15, 0.2) is 0 Å². The number of hydrogen-bond acceptors (Lipinski definition) is 1. The van der Waals surface area contributed by atoms with Crippen LogP contribution < -0.4 is 5.32 Å². The summed E-state index contributed by atoms with van der Waals surface area (Å²) in [6, 6.07) is 5.88. The number of aryl methyl sites for hydroxylation is 1. The van der Waals surface area contributed by atoms with E-state index < -0.39 is 0 Å². The van der Waals surface area contributed by atoms with Crippen LogP contribution in [0.25, 0.3) is 0 Å². The van der Waals surface area contributed by atoms with Crippen molar-refractivity contribution >= 4 is 0 Å². The summed E-state index contributed by atoms with van der Waals surface area (Å²) in [6.07, 6.45) is 1.09. The van der Waals surface area contributed by atoms with Gasteiger partial charge in [-0.1, -0.05) is 19.1 Å². The molecule has 0 saturated carbocycles. The lowest BCUT2D eigenvalue weighted by molar-refractivity contribution is 0.531. The monoisotopic (exact) mass is 195 g/mol. The van der Waals surface area contributed by atoms with Gasteiger partial charge in [0.05, 0.1) is 0 Å². The Bertz CT molecular complexity index is 296. The second-order valence-electron chi connectivity index (χ2n) is 3.77. The Morgan fingerprint density at radius 3 is 2.71 bits per heavy atom. The Morgan fingerprint density at radius 1 is 1.43 bits per heavy atom. The highest BCUT2D eigenvalue weighted by Gasteiger charge is 2.01. The maximum atomic E-state index is 13.2. The van der Waals surface area contributed by atoms with E-state index in [1.54, 1.807) is 13.0 Å². The van der Waals surface area contributed by atoms with Crippen molar-refractivity contribution in [2.45, 2.75) is 39.8 Å². The molecule has 0 fully saturated rings. The summed E-state index contributed by atoms with van der Waals surface area (Å²) in [7, 11) is 0. The van der Waals surface area contributed by atoms with Crippen molar-refractivity contribution in [3.8, 4) is 0 Å². The highest BCUT2D eigenvalue weighted by molar-refractivity contribution is 5.23. The first-order chi connectivity index (χ1) is 6.63. The Hall–Kier alpha value is -0.890. The summed E-state index contributed by atoms with van der Waals surface area (Å²) in [5, 5.41) is 3.33. The zero-order chi connectivity index (χ0) is 10.6. The molecule has 0 heterocycles. The number of hydrogen-bond donors (Lipinski definition) is 1. The molecule has 0 spiro atoms. The Balaban J connectivity index is 2.55. The first-order valence-corrected chi connectivity index (χ1v) is 5.12. The van der Waals surface area contributed by atoms with Gasteiger partial charge in [-0.25, -0.2) is 4.39 Å². The van der Waals surface area contributed by atoms with Crippen molar-refractivity contribution in [3.63, 3.8) is 0 Å². The Kier molecular flexibility index (Phi) is 4.08. The fraction of sp³-hybridized carbons (Fsp3) is 0.500. The maximum absolute atomic E-state index is 13.2. The smallest absolute Gasteiger partial charge is 0.126 e. The predicted molar refractivity (Wildman–Crippen MR) is 57.7 cm³/mol. The summed E-state index contributed by atoms with van der Waals surface area (Å²) >= 11 is 0. The first-order valence-electron chi connectivity index (χ1n) is 5.12. The molecule has 1 N–H and O–H groups in total. The zero-order valence-corrected chi connectivity index (χ0v) is 9.10. The van der Waals surface area contributed by atoms with E-state index in [4.69, 9.17) is 0 Å². The van der Waals surface area contributed by atoms with E-state index in [1.807, 2.05) is 12.1 Å². The predicted octanol–water partition coefficient (Wildman–Crippen LogP) is 3.02. The molecule has 0 aliphatic rings. The molecular formula is C12H18FN. The van der Waals surface area contributed by atoms with Crippen LogP contribution in [-0.2, 0) is 6.54 Å². The van der Waals surface area contributed by atoms with Crippen molar-refractivity contribution in [2.75, 3.05) is 0 Å². The standard InChI is InChI=1S/C12H18FN/c1-4-10(3)14-8-11-6-5-9(2)12(13)7-11/h5-7,10,14H,4,8H2,1-3H3/t10-/m1/s1. The molecule has 0 aliphatic heterocycles. The SMILES string of the molecule is CC[C@@H](C)NCc1ccc(C)c(F)c1. The van der Waals surface area contributed by atoms with E-state index in [0.29, 0.717) is 11.6 Å². The first kappa shape index (κ1) is 11.2. The van der Waals surface area contributed by atoms with Crippen molar-refractivity contribution in [3.05, 3.63) is 35.1 Å². The van der Waals surface area contributed by atoms with E-state index in [9.17, 15) is 4.39 Å². The fourth-order valence-electron chi connectivity index (χ4n) is 1.18. The molecule has 2 heteroatoms. The summed E-state index contributed by atoms with van der Waals surface area (Å²) in [5.74, 6) is -0.117. The van der Waals surface area contributed by atoms with Gasteiger partial charge < -0.3 is 5.32 Å². The minimum Gasteiger partial charge on any atom is -0.310 e. The van der Waals surface area contributed by atoms with Gasteiger partial charge in [0.2, 0.25) is 0 Å². The number of benzene rings is 1. The van der Waals surface area contributed by atoms with Crippen molar-refractivity contribution < 1.29 is 4.39 Å². The van der Waals surface area contributed by atoms with Gasteiger partial charge >= 0.3 is 0 Å². The number of nitrogens with one attached hydrogen (secondary N) is 1. The highest BCUT2D eigenvalue weighted by atomic mass is 19.1. The second kappa shape index (κ2) is 5.11. The van der Waals surface area contributed by atoms with Gasteiger partial charge in [-0.2, -0.15) is 0 Å². The molecule has 0 bridgehead atoms. The molecule has 0 aliphatic carbocycles. The van der Waals surface area contributed by atoms with Crippen LogP contribution in [0.2, 0.25) is 0 Å². The van der Waals surface area contributed by atoms with Gasteiger partial charge in [-0.05, 0) is 37.5 Å². The quantitative estimate of drug-likeness (QED) is 0.778. The molecule has 1 aromatic rings. The molecule has 1 nitrogen and oxygen atoms in total. The van der Waals surface area contributed by atoms with E-state index in [2.05, 4.69) is 19.2 Å². The molecule has 1 rings (SSSR count). The van der Waals surface area contributed by atoms with Crippen LogP contribution in [0.5, 0.6) is 0 Å². The van der Waals surface area contributed by atoms with E-state index >= 15 is 0 Å². The minimum atomic E-state index is -0.117. The zero-order valence-electron chi connectivity index (χ0n) is 9.10. The summed E-state index contributed by atoms with van der Waals surface area (Å²) in [4.78, 5) is 0. The van der Waals surface area contributed by atoms with Crippen LogP contribution in [-0.4, -0.2) is 6.04 Å². The summed E-state index contributed by atoms with van der Waals surface area (Å²) in [5.41, 5.74) is 1.71. The second-order valence-corrected chi connectivity index (χ2v) is 3.77. The fourth-order valence-corrected chi connectivity index (χ4v) is 1.18. The van der Waals surface area contributed by atoms with Crippen LogP contribution >= 0.6 is 0 Å². The van der Waals surface area contributed by atoms with Gasteiger partial charge in [0.25, 0.3) is 0 Å². The molecule has 0 amide bonds. The lowest BCUT2D eigenvalue weighted by atomic mass is 10.1.